The van der Waals surface area contributed by atoms with Crippen LogP contribution in [0.5, 0.6) is 0 Å². The zero-order chi connectivity index (χ0) is 16.7. The molecule has 0 radical (unpaired) electrons. The van der Waals surface area contributed by atoms with Gasteiger partial charge in [0, 0.05) is 45.0 Å². The van der Waals surface area contributed by atoms with Gasteiger partial charge in [0.2, 0.25) is 0 Å². The Bertz CT molecular complexity index is 433. The molecule has 0 amide bonds. The lowest BCUT2D eigenvalue weighted by Crippen LogP contribution is -2.49. The summed E-state index contributed by atoms with van der Waals surface area (Å²) in [6, 6.07) is 10.1. The number of β-amino-alcohol motifs (C(OH)–C–C–N with tert-alkyl or cyclic N) is 1. The zero-order valence-electron chi connectivity index (χ0n) is 14.3. The van der Waals surface area contributed by atoms with Gasteiger partial charge in [-0.3, -0.25) is 4.90 Å². The predicted octanol–water partition coefficient (Wildman–Crippen LogP) is 1.35. The average Bonchev–Trinajstić information content (AvgIpc) is 2.51. The van der Waals surface area contributed by atoms with E-state index >= 15 is 0 Å². The van der Waals surface area contributed by atoms with Crippen molar-refractivity contribution in [3.63, 3.8) is 0 Å². The minimum atomic E-state index is -0.425. The number of nitrogens with zero attached hydrogens (tertiary/aromatic N) is 2. The summed E-state index contributed by atoms with van der Waals surface area (Å²) in [6.07, 6.45) is 0.704. The number of benzene rings is 1. The number of anilines is 1. The SMILES string of the molecule is CC1CN(CC(O)CN(CCCO)c2ccccc2)CC(C)O1. The van der Waals surface area contributed by atoms with Gasteiger partial charge < -0.3 is 19.8 Å². The number of hydrogen-bond donors (Lipinski definition) is 2. The fourth-order valence-electron chi connectivity index (χ4n) is 3.27. The molecule has 1 aromatic carbocycles. The number of aliphatic hydroxyl groups excluding tert-OH is 2. The lowest BCUT2D eigenvalue weighted by Gasteiger charge is -2.37. The normalized spacial score (nSPS) is 23.7. The van der Waals surface area contributed by atoms with Gasteiger partial charge in [-0.1, -0.05) is 18.2 Å². The first-order valence-electron chi connectivity index (χ1n) is 8.55. The second-order valence-corrected chi connectivity index (χ2v) is 6.49. The fourth-order valence-corrected chi connectivity index (χ4v) is 3.27. The maximum atomic E-state index is 10.5. The van der Waals surface area contributed by atoms with E-state index in [1.807, 2.05) is 30.3 Å². The summed E-state index contributed by atoms with van der Waals surface area (Å²) in [5.74, 6) is 0. The summed E-state index contributed by atoms with van der Waals surface area (Å²) in [5.41, 5.74) is 1.09. The Morgan fingerprint density at radius 3 is 2.48 bits per heavy atom. The molecule has 0 spiro atoms. The topological polar surface area (TPSA) is 56.2 Å². The molecule has 3 atom stereocenters. The number of para-hydroxylation sites is 1. The first-order valence-corrected chi connectivity index (χ1v) is 8.55. The molecule has 23 heavy (non-hydrogen) atoms. The van der Waals surface area contributed by atoms with Crippen LogP contribution in [0.4, 0.5) is 5.69 Å². The Balaban J connectivity index is 1.90. The van der Waals surface area contributed by atoms with Crippen molar-refractivity contribution in [3.8, 4) is 0 Å². The zero-order valence-corrected chi connectivity index (χ0v) is 14.3. The maximum Gasteiger partial charge on any atom is 0.0841 e. The summed E-state index contributed by atoms with van der Waals surface area (Å²) in [5, 5.41) is 19.6. The Morgan fingerprint density at radius 2 is 1.87 bits per heavy atom. The highest BCUT2D eigenvalue weighted by molar-refractivity contribution is 5.46. The first-order chi connectivity index (χ1) is 11.1. The molecule has 0 aliphatic carbocycles. The standard InChI is InChI=1S/C18H30N2O3/c1-15-11-19(12-16(2)23-15)13-18(22)14-20(9-6-10-21)17-7-4-3-5-8-17/h3-5,7-8,15-16,18,21-22H,6,9-14H2,1-2H3. The molecule has 1 saturated heterocycles. The number of hydrogen-bond acceptors (Lipinski definition) is 5. The summed E-state index contributed by atoms with van der Waals surface area (Å²) in [7, 11) is 0. The third-order valence-corrected chi connectivity index (χ3v) is 4.10. The molecule has 0 saturated carbocycles. The van der Waals surface area contributed by atoms with E-state index in [0.717, 1.165) is 25.3 Å². The van der Waals surface area contributed by atoms with Crippen molar-refractivity contribution in [3.05, 3.63) is 30.3 Å². The van der Waals surface area contributed by atoms with Crippen molar-refractivity contribution in [2.75, 3.05) is 44.2 Å². The van der Waals surface area contributed by atoms with Gasteiger partial charge in [-0.2, -0.15) is 0 Å². The summed E-state index contributed by atoms with van der Waals surface area (Å²) >= 11 is 0. The summed E-state index contributed by atoms with van der Waals surface area (Å²) < 4.78 is 5.74. The Labute approximate surface area is 139 Å². The monoisotopic (exact) mass is 322 g/mol. The lowest BCUT2D eigenvalue weighted by molar-refractivity contribution is -0.0758. The Kier molecular flexibility index (Phi) is 7.30. The van der Waals surface area contributed by atoms with Crippen LogP contribution in [0.25, 0.3) is 0 Å². The van der Waals surface area contributed by atoms with Crippen LogP contribution in [0.3, 0.4) is 0 Å². The molecule has 1 fully saturated rings. The molecule has 1 aromatic rings. The van der Waals surface area contributed by atoms with E-state index < -0.39 is 6.10 Å². The second kappa shape index (κ2) is 9.23. The molecule has 1 aliphatic rings. The van der Waals surface area contributed by atoms with Crippen molar-refractivity contribution in [1.82, 2.24) is 4.90 Å². The smallest absolute Gasteiger partial charge is 0.0841 e. The molecule has 0 aromatic heterocycles. The highest BCUT2D eigenvalue weighted by atomic mass is 16.5. The molecule has 1 heterocycles. The summed E-state index contributed by atoms with van der Waals surface area (Å²) in [6.45, 7) is 8.02. The molecule has 2 rings (SSSR count). The molecular weight excluding hydrogens is 292 g/mol. The van der Waals surface area contributed by atoms with E-state index in [9.17, 15) is 5.11 Å². The largest absolute Gasteiger partial charge is 0.396 e. The maximum absolute atomic E-state index is 10.5. The van der Waals surface area contributed by atoms with Crippen LogP contribution < -0.4 is 4.90 Å². The Hall–Kier alpha value is -1.14. The molecule has 5 nitrogen and oxygen atoms in total. The third kappa shape index (κ3) is 6.11. The van der Waals surface area contributed by atoms with Crippen LogP contribution in [-0.4, -0.2) is 72.8 Å². The van der Waals surface area contributed by atoms with Gasteiger partial charge in [0.1, 0.15) is 0 Å². The van der Waals surface area contributed by atoms with Crippen LogP contribution in [0, 0.1) is 0 Å². The molecule has 2 N–H and O–H groups in total. The van der Waals surface area contributed by atoms with Gasteiger partial charge in [-0.05, 0) is 32.4 Å². The lowest BCUT2D eigenvalue weighted by atomic mass is 10.2. The first kappa shape index (κ1) is 18.2. The van der Waals surface area contributed by atoms with Crippen molar-refractivity contribution < 1.29 is 14.9 Å². The van der Waals surface area contributed by atoms with Crippen LogP contribution in [-0.2, 0) is 4.74 Å². The Morgan fingerprint density at radius 1 is 1.22 bits per heavy atom. The fraction of sp³-hybridized carbons (Fsp3) is 0.667. The second-order valence-electron chi connectivity index (χ2n) is 6.49. The van der Waals surface area contributed by atoms with Crippen molar-refractivity contribution >= 4 is 5.69 Å². The minimum Gasteiger partial charge on any atom is -0.396 e. The minimum absolute atomic E-state index is 0.165. The van der Waals surface area contributed by atoms with Gasteiger partial charge in [-0.25, -0.2) is 0 Å². The van der Waals surface area contributed by atoms with Crippen molar-refractivity contribution in [2.45, 2.75) is 38.6 Å². The van der Waals surface area contributed by atoms with E-state index in [1.165, 1.54) is 0 Å². The van der Waals surface area contributed by atoms with E-state index in [2.05, 4.69) is 23.6 Å². The molecule has 0 bridgehead atoms. The van der Waals surface area contributed by atoms with E-state index in [0.29, 0.717) is 19.5 Å². The van der Waals surface area contributed by atoms with Crippen LogP contribution in [0.2, 0.25) is 0 Å². The van der Waals surface area contributed by atoms with Gasteiger partial charge in [-0.15, -0.1) is 0 Å². The van der Waals surface area contributed by atoms with Gasteiger partial charge >= 0.3 is 0 Å². The quantitative estimate of drug-likeness (QED) is 0.756. The number of ether oxygens (including phenoxy) is 1. The van der Waals surface area contributed by atoms with Crippen molar-refractivity contribution in [2.24, 2.45) is 0 Å². The van der Waals surface area contributed by atoms with Crippen LogP contribution >= 0.6 is 0 Å². The molecule has 5 heteroatoms. The molecule has 3 unspecified atom stereocenters. The number of rotatable bonds is 8. The number of morpholine rings is 1. The summed E-state index contributed by atoms with van der Waals surface area (Å²) in [4.78, 5) is 4.42. The third-order valence-electron chi connectivity index (χ3n) is 4.10. The predicted molar refractivity (Wildman–Crippen MR) is 92.8 cm³/mol. The van der Waals surface area contributed by atoms with E-state index in [-0.39, 0.29) is 18.8 Å². The number of aliphatic hydroxyl groups is 2. The van der Waals surface area contributed by atoms with Gasteiger partial charge in [0.25, 0.3) is 0 Å². The van der Waals surface area contributed by atoms with Gasteiger partial charge in [0.15, 0.2) is 0 Å². The molecular formula is C18H30N2O3. The van der Waals surface area contributed by atoms with Crippen molar-refractivity contribution in [1.29, 1.82) is 0 Å². The highest BCUT2D eigenvalue weighted by Crippen LogP contribution is 2.16. The molecule has 1 aliphatic heterocycles. The average molecular weight is 322 g/mol. The van der Waals surface area contributed by atoms with Gasteiger partial charge in [0.05, 0.1) is 18.3 Å². The van der Waals surface area contributed by atoms with Crippen LogP contribution in [0.15, 0.2) is 30.3 Å². The molecule has 130 valence electrons. The highest BCUT2D eigenvalue weighted by Gasteiger charge is 2.24. The van der Waals surface area contributed by atoms with E-state index in [1.54, 1.807) is 0 Å². The van der Waals surface area contributed by atoms with E-state index in [4.69, 9.17) is 9.84 Å². The van der Waals surface area contributed by atoms with Crippen LogP contribution in [0.1, 0.15) is 20.3 Å².